The molecule has 2 rings (SSSR count). The average molecular weight is 317 g/mol. The summed E-state index contributed by atoms with van der Waals surface area (Å²) in [5, 5.41) is 3.45. The lowest BCUT2D eigenvalue weighted by Gasteiger charge is -2.36. The van der Waals surface area contributed by atoms with Gasteiger partial charge in [0.2, 0.25) is 0 Å². The number of nitrogens with one attached hydrogen (secondary N) is 1. The molecule has 0 spiro atoms. The second kappa shape index (κ2) is 7.40. The Balaban J connectivity index is 1.79. The molecule has 0 atom stereocenters. The van der Waals surface area contributed by atoms with Crippen LogP contribution in [0.15, 0.2) is 0 Å². The number of nitrogens with zero attached hydrogens (tertiary/aromatic N) is 2. The van der Waals surface area contributed by atoms with E-state index in [1.54, 1.807) is 15.7 Å². The molecular formula is C15H31N3O2S. The normalized spacial score (nSPS) is 22.9. The summed E-state index contributed by atoms with van der Waals surface area (Å²) in [6.45, 7) is 7.33. The molecule has 0 aromatic rings. The molecule has 21 heavy (non-hydrogen) atoms. The Labute approximate surface area is 130 Å². The standard InChI is InChI=1S/C15H31N3O2S/c1-13(2)16-11-14-7-9-18(10-8-14)21(19,20)17(3)12-15-5-4-6-15/h13-16H,4-12H2,1-3H3. The highest BCUT2D eigenvalue weighted by atomic mass is 32.2. The van der Waals surface area contributed by atoms with Crippen molar-refractivity contribution in [3.8, 4) is 0 Å². The van der Waals surface area contributed by atoms with E-state index in [0.717, 1.165) is 19.4 Å². The molecule has 1 aliphatic heterocycles. The van der Waals surface area contributed by atoms with Gasteiger partial charge in [0.25, 0.3) is 10.2 Å². The Morgan fingerprint density at radius 3 is 2.24 bits per heavy atom. The molecule has 1 aliphatic carbocycles. The Hall–Kier alpha value is -0.170. The van der Waals surface area contributed by atoms with Crippen molar-refractivity contribution in [2.24, 2.45) is 11.8 Å². The number of piperidine rings is 1. The van der Waals surface area contributed by atoms with Crippen molar-refractivity contribution in [2.75, 3.05) is 33.2 Å². The molecule has 1 N–H and O–H groups in total. The minimum atomic E-state index is -3.24. The topological polar surface area (TPSA) is 52.7 Å². The largest absolute Gasteiger partial charge is 0.314 e. The molecule has 6 heteroatoms. The molecule has 1 saturated heterocycles. The van der Waals surface area contributed by atoms with Gasteiger partial charge in [-0.15, -0.1) is 0 Å². The number of hydrogen-bond donors (Lipinski definition) is 1. The van der Waals surface area contributed by atoms with Crippen LogP contribution >= 0.6 is 0 Å². The summed E-state index contributed by atoms with van der Waals surface area (Å²) in [5.41, 5.74) is 0. The van der Waals surface area contributed by atoms with Crippen molar-refractivity contribution in [3.63, 3.8) is 0 Å². The maximum atomic E-state index is 12.6. The van der Waals surface area contributed by atoms with E-state index < -0.39 is 10.2 Å². The van der Waals surface area contributed by atoms with Gasteiger partial charge in [-0.1, -0.05) is 20.3 Å². The zero-order chi connectivity index (χ0) is 15.5. The first-order valence-corrected chi connectivity index (χ1v) is 9.74. The van der Waals surface area contributed by atoms with Crippen LogP contribution < -0.4 is 5.32 Å². The summed E-state index contributed by atoms with van der Waals surface area (Å²) < 4.78 is 28.4. The van der Waals surface area contributed by atoms with Gasteiger partial charge < -0.3 is 5.32 Å². The van der Waals surface area contributed by atoms with Gasteiger partial charge in [0.15, 0.2) is 0 Å². The van der Waals surface area contributed by atoms with Crippen LogP contribution in [-0.4, -0.2) is 56.3 Å². The second-order valence-electron chi connectivity index (χ2n) is 6.99. The van der Waals surface area contributed by atoms with Crippen molar-refractivity contribution in [2.45, 2.75) is 52.0 Å². The molecule has 1 saturated carbocycles. The highest BCUT2D eigenvalue weighted by Gasteiger charge is 2.32. The van der Waals surface area contributed by atoms with E-state index in [4.69, 9.17) is 0 Å². The van der Waals surface area contributed by atoms with Gasteiger partial charge in [-0.3, -0.25) is 0 Å². The monoisotopic (exact) mass is 317 g/mol. The first-order valence-electron chi connectivity index (χ1n) is 8.34. The zero-order valence-corrected chi connectivity index (χ0v) is 14.5. The third-order valence-electron chi connectivity index (χ3n) is 4.85. The van der Waals surface area contributed by atoms with Crippen LogP contribution in [0.1, 0.15) is 46.0 Å². The smallest absolute Gasteiger partial charge is 0.281 e. The molecule has 1 heterocycles. The minimum Gasteiger partial charge on any atom is -0.314 e. The molecule has 2 aliphatic rings. The molecule has 0 aromatic heterocycles. The molecule has 0 radical (unpaired) electrons. The lowest BCUT2D eigenvalue weighted by Crippen LogP contribution is -2.48. The summed E-state index contributed by atoms with van der Waals surface area (Å²) in [6, 6.07) is 0.500. The van der Waals surface area contributed by atoms with Crippen molar-refractivity contribution in [1.29, 1.82) is 0 Å². The third-order valence-corrected chi connectivity index (χ3v) is 6.80. The van der Waals surface area contributed by atoms with Gasteiger partial charge in [0.1, 0.15) is 0 Å². The van der Waals surface area contributed by atoms with Crippen molar-refractivity contribution >= 4 is 10.2 Å². The van der Waals surface area contributed by atoms with Gasteiger partial charge in [-0.25, -0.2) is 0 Å². The van der Waals surface area contributed by atoms with E-state index in [9.17, 15) is 8.42 Å². The van der Waals surface area contributed by atoms with Gasteiger partial charge in [0.05, 0.1) is 0 Å². The lowest BCUT2D eigenvalue weighted by molar-refractivity contribution is 0.228. The Kier molecular flexibility index (Phi) is 6.05. The Morgan fingerprint density at radius 1 is 1.14 bits per heavy atom. The summed E-state index contributed by atoms with van der Waals surface area (Å²) in [7, 11) is -1.51. The first kappa shape index (κ1) is 17.2. The van der Waals surface area contributed by atoms with E-state index >= 15 is 0 Å². The molecule has 5 nitrogen and oxygen atoms in total. The maximum absolute atomic E-state index is 12.6. The number of hydrogen-bond acceptors (Lipinski definition) is 3. The fourth-order valence-corrected chi connectivity index (χ4v) is 4.54. The zero-order valence-electron chi connectivity index (χ0n) is 13.7. The second-order valence-corrected chi connectivity index (χ2v) is 9.03. The van der Waals surface area contributed by atoms with Crippen LogP contribution in [0, 0.1) is 11.8 Å². The average Bonchev–Trinajstić information content (AvgIpc) is 2.40. The maximum Gasteiger partial charge on any atom is 0.281 e. The van der Waals surface area contributed by atoms with Crippen LogP contribution in [0.4, 0.5) is 0 Å². The van der Waals surface area contributed by atoms with Crippen LogP contribution in [-0.2, 0) is 10.2 Å². The van der Waals surface area contributed by atoms with E-state index in [-0.39, 0.29) is 0 Å². The molecule has 2 fully saturated rings. The van der Waals surface area contributed by atoms with Gasteiger partial charge in [-0.2, -0.15) is 17.0 Å². The van der Waals surface area contributed by atoms with Gasteiger partial charge >= 0.3 is 0 Å². The highest BCUT2D eigenvalue weighted by molar-refractivity contribution is 7.86. The van der Waals surface area contributed by atoms with E-state index in [1.165, 1.54) is 19.3 Å². The van der Waals surface area contributed by atoms with Crippen LogP contribution in [0.3, 0.4) is 0 Å². The Bertz CT molecular complexity index is 413. The fraction of sp³-hybridized carbons (Fsp3) is 1.00. The van der Waals surface area contributed by atoms with Gasteiger partial charge in [-0.05, 0) is 44.1 Å². The summed E-state index contributed by atoms with van der Waals surface area (Å²) in [6.07, 6.45) is 5.56. The van der Waals surface area contributed by atoms with E-state index in [1.807, 2.05) is 0 Å². The molecular weight excluding hydrogens is 286 g/mol. The van der Waals surface area contributed by atoms with Crippen molar-refractivity contribution in [1.82, 2.24) is 13.9 Å². The molecule has 124 valence electrons. The molecule has 0 bridgehead atoms. The first-order chi connectivity index (χ1) is 9.89. The fourth-order valence-electron chi connectivity index (χ4n) is 3.08. The predicted molar refractivity (Wildman–Crippen MR) is 86.3 cm³/mol. The third kappa shape index (κ3) is 4.65. The number of rotatable bonds is 7. The molecule has 0 amide bonds. The van der Waals surface area contributed by atoms with Crippen LogP contribution in [0.2, 0.25) is 0 Å². The van der Waals surface area contributed by atoms with E-state index in [0.29, 0.717) is 37.5 Å². The van der Waals surface area contributed by atoms with Crippen LogP contribution in [0.25, 0.3) is 0 Å². The highest BCUT2D eigenvalue weighted by Crippen LogP contribution is 2.28. The summed E-state index contributed by atoms with van der Waals surface area (Å²) >= 11 is 0. The summed E-state index contributed by atoms with van der Waals surface area (Å²) in [4.78, 5) is 0. The predicted octanol–water partition coefficient (Wildman–Crippen LogP) is 1.67. The Morgan fingerprint density at radius 2 is 1.76 bits per heavy atom. The van der Waals surface area contributed by atoms with E-state index in [2.05, 4.69) is 19.2 Å². The molecule has 0 unspecified atom stereocenters. The van der Waals surface area contributed by atoms with Crippen LogP contribution in [0.5, 0.6) is 0 Å². The molecule has 0 aromatic carbocycles. The van der Waals surface area contributed by atoms with Crippen molar-refractivity contribution in [3.05, 3.63) is 0 Å². The van der Waals surface area contributed by atoms with Gasteiger partial charge in [0, 0.05) is 32.7 Å². The summed E-state index contributed by atoms with van der Waals surface area (Å²) in [5.74, 6) is 1.19. The SMILES string of the molecule is CC(C)NCC1CCN(S(=O)(=O)N(C)CC2CCC2)CC1. The minimum absolute atomic E-state index is 0.500. The van der Waals surface area contributed by atoms with Crippen molar-refractivity contribution < 1.29 is 8.42 Å². The lowest BCUT2D eigenvalue weighted by atomic mass is 9.86. The quantitative estimate of drug-likeness (QED) is 0.777.